The predicted octanol–water partition coefficient (Wildman–Crippen LogP) is 2.53. The molecule has 1 aliphatic heterocycles. The van der Waals surface area contributed by atoms with Crippen LogP contribution in [0.5, 0.6) is 0 Å². The van der Waals surface area contributed by atoms with Gasteiger partial charge in [-0.2, -0.15) is 0 Å². The van der Waals surface area contributed by atoms with Crippen molar-refractivity contribution in [1.82, 2.24) is 10.6 Å². The molecule has 0 spiro atoms. The highest BCUT2D eigenvalue weighted by atomic mass is 32.1. The summed E-state index contributed by atoms with van der Waals surface area (Å²) in [6.07, 6.45) is 4.17. The molecule has 0 bridgehead atoms. The van der Waals surface area contributed by atoms with E-state index in [1.165, 1.54) is 4.88 Å². The number of hydrogen-bond donors (Lipinski definition) is 2. The Balaban J connectivity index is 1.95. The van der Waals surface area contributed by atoms with Gasteiger partial charge in [0.25, 0.3) is 0 Å². The number of carbonyl (C=O) groups is 1. The Labute approximate surface area is 113 Å². The van der Waals surface area contributed by atoms with Crippen LogP contribution < -0.4 is 10.6 Å². The smallest absolute Gasteiger partial charge is 0.227 e. The molecule has 1 aliphatic rings. The molecule has 0 aliphatic carbocycles. The second-order valence-corrected chi connectivity index (χ2v) is 6.10. The van der Waals surface area contributed by atoms with E-state index in [0.717, 1.165) is 38.8 Å². The van der Waals surface area contributed by atoms with E-state index >= 15 is 0 Å². The highest BCUT2D eigenvalue weighted by molar-refractivity contribution is 7.09. The molecule has 1 atom stereocenters. The molecule has 1 saturated heterocycles. The molecular formula is C14H22N2OS. The van der Waals surface area contributed by atoms with Gasteiger partial charge < -0.3 is 10.6 Å². The molecule has 1 aromatic rings. The number of piperidine rings is 1. The molecule has 0 aromatic carbocycles. The van der Waals surface area contributed by atoms with E-state index in [1.54, 1.807) is 11.3 Å². The number of rotatable bonds is 5. The molecule has 1 fully saturated rings. The van der Waals surface area contributed by atoms with Crippen molar-refractivity contribution in [2.75, 3.05) is 13.1 Å². The lowest BCUT2D eigenvalue weighted by atomic mass is 9.76. The summed E-state index contributed by atoms with van der Waals surface area (Å²) in [5.74, 6) is 0.227. The van der Waals surface area contributed by atoms with Crippen LogP contribution in [0.4, 0.5) is 0 Å². The van der Waals surface area contributed by atoms with Gasteiger partial charge in [-0.05, 0) is 37.3 Å². The fourth-order valence-electron chi connectivity index (χ4n) is 2.74. The lowest BCUT2D eigenvalue weighted by Gasteiger charge is -2.36. The maximum atomic E-state index is 12.5. The first-order valence-electron chi connectivity index (χ1n) is 6.78. The van der Waals surface area contributed by atoms with E-state index in [2.05, 4.69) is 23.6 Å². The van der Waals surface area contributed by atoms with Gasteiger partial charge in [0.15, 0.2) is 0 Å². The van der Waals surface area contributed by atoms with E-state index in [9.17, 15) is 4.79 Å². The van der Waals surface area contributed by atoms with E-state index in [-0.39, 0.29) is 11.3 Å². The standard InChI is InChI=1S/C14H22N2OS/c1-2-6-14(7-4-8-15-11-14)13(17)16-10-12-5-3-9-18-12/h3,5,9,15H,2,4,6-8,10-11H2,1H3,(H,16,17). The quantitative estimate of drug-likeness (QED) is 0.860. The monoisotopic (exact) mass is 266 g/mol. The molecule has 0 radical (unpaired) electrons. The summed E-state index contributed by atoms with van der Waals surface area (Å²) >= 11 is 1.69. The number of nitrogens with one attached hydrogen (secondary N) is 2. The van der Waals surface area contributed by atoms with Crippen molar-refractivity contribution in [3.8, 4) is 0 Å². The van der Waals surface area contributed by atoms with Crippen molar-refractivity contribution < 1.29 is 4.79 Å². The first-order chi connectivity index (χ1) is 8.77. The predicted molar refractivity (Wildman–Crippen MR) is 75.6 cm³/mol. The van der Waals surface area contributed by atoms with E-state index < -0.39 is 0 Å². The van der Waals surface area contributed by atoms with Crippen LogP contribution in [0.3, 0.4) is 0 Å². The third-order valence-corrected chi connectivity index (χ3v) is 4.56. The zero-order chi connectivity index (χ0) is 12.8. The summed E-state index contributed by atoms with van der Waals surface area (Å²) in [4.78, 5) is 13.7. The van der Waals surface area contributed by atoms with E-state index in [1.807, 2.05) is 11.4 Å². The minimum absolute atomic E-state index is 0.176. The fourth-order valence-corrected chi connectivity index (χ4v) is 3.38. The Bertz CT molecular complexity index is 364. The lowest BCUT2D eigenvalue weighted by molar-refractivity contribution is -0.132. The van der Waals surface area contributed by atoms with Crippen molar-refractivity contribution in [2.24, 2.45) is 5.41 Å². The molecule has 2 heterocycles. The molecule has 4 heteroatoms. The van der Waals surface area contributed by atoms with Crippen molar-refractivity contribution in [3.05, 3.63) is 22.4 Å². The minimum Gasteiger partial charge on any atom is -0.351 e. The highest BCUT2D eigenvalue weighted by Gasteiger charge is 2.38. The molecule has 1 unspecified atom stereocenters. The molecule has 2 rings (SSSR count). The maximum absolute atomic E-state index is 12.5. The second kappa shape index (κ2) is 6.34. The molecule has 0 saturated carbocycles. The molecule has 3 nitrogen and oxygen atoms in total. The maximum Gasteiger partial charge on any atom is 0.227 e. The topological polar surface area (TPSA) is 41.1 Å². The van der Waals surface area contributed by atoms with Crippen LogP contribution in [0, 0.1) is 5.41 Å². The molecule has 2 N–H and O–H groups in total. The summed E-state index contributed by atoms with van der Waals surface area (Å²) < 4.78 is 0. The Morgan fingerprint density at radius 3 is 3.11 bits per heavy atom. The SMILES string of the molecule is CCCC1(C(=O)NCc2cccs2)CCCNC1. The van der Waals surface area contributed by atoms with Crippen LogP contribution in [0.25, 0.3) is 0 Å². The third-order valence-electron chi connectivity index (χ3n) is 3.69. The number of thiophene rings is 1. The van der Waals surface area contributed by atoms with Gasteiger partial charge in [-0.25, -0.2) is 0 Å². The minimum atomic E-state index is -0.176. The molecule has 1 amide bonds. The number of carbonyl (C=O) groups excluding carboxylic acids is 1. The summed E-state index contributed by atoms with van der Waals surface area (Å²) in [6.45, 7) is 4.70. The van der Waals surface area contributed by atoms with Gasteiger partial charge in [-0.1, -0.05) is 19.4 Å². The summed E-state index contributed by atoms with van der Waals surface area (Å²) in [5, 5.41) is 8.54. The summed E-state index contributed by atoms with van der Waals surface area (Å²) in [7, 11) is 0. The normalized spacial score (nSPS) is 23.8. The Morgan fingerprint density at radius 1 is 1.61 bits per heavy atom. The Hall–Kier alpha value is -0.870. The number of amides is 1. The first-order valence-corrected chi connectivity index (χ1v) is 7.66. The van der Waals surface area contributed by atoms with Crippen LogP contribution in [-0.2, 0) is 11.3 Å². The third kappa shape index (κ3) is 3.12. The average molecular weight is 266 g/mol. The summed E-state index contributed by atoms with van der Waals surface area (Å²) in [5.41, 5.74) is -0.176. The van der Waals surface area contributed by atoms with Gasteiger partial charge in [0.05, 0.1) is 12.0 Å². The van der Waals surface area contributed by atoms with Gasteiger partial charge >= 0.3 is 0 Å². The second-order valence-electron chi connectivity index (χ2n) is 5.07. The molecule has 100 valence electrons. The van der Waals surface area contributed by atoms with E-state index in [4.69, 9.17) is 0 Å². The average Bonchev–Trinajstić information content (AvgIpc) is 2.90. The van der Waals surface area contributed by atoms with Crippen molar-refractivity contribution in [2.45, 2.75) is 39.2 Å². The number of hydrogen-bond acceptors (Lipinski definition) is 3. The van der Waals surface area contributed by atoms with Gasteiger partial charge in [-0.15, -0.1) is 11.3 Å². The van der Waals surface area contributed by atoms with E-state index in [0.29, 0.717) is 6.54 Å². The Morgan fingerprint density at radius 2 is 2.50 bits per heavy atom. The molecular weight excluding hydrogens is 244 g/mol. The fraction of sp³-hybridized carbons (Fsp3) is 0.643. The van der Waals surface area contributed by atoms with Crippen LogP contribution in [0.2, 0.25) is 0 Å². The van der Waals surface area contributed by atoms with Crippen molar-refractivity contribution >= 4 is 17.2 Å². The van der Waals surface area contributed by atoms with Gasteiger partial charge in [0.1, 0.15) is 0 Å². The van der Waals surface area contributed by atoms with Gasteiger partial charge in [0, 0.05) is 11.4 Å². The highest BCUT2D eigenvalue weighted by Crippen LogP contribution is 2.32. The lowest BCUT2D eigenvalue weighted by Crippen LogP contribution is -2.50. The Kier molecular flexibility index (Phi) is 4.78. The van der Waals surface area contributed by atoms with Gasteiger partial charge in [0.2, 0.25) is 5.91 Å². The first kappa shape index (κ1) is 13.6. The molecule has 1 aromatic heterocycles. The zero-order valence-electron chi connectivity index (χ0n) is 11.0. The largest absolute Gasteiger partial charge is 0.351 e. The summed E-state index contributed by atoms with van der Waals surface area (Å²) in [6, 6.07) is 4.09. The van der Waals surface area contributed by atoms with Crippen LogP contribution in [0.15, 0.2) is 17.5 Å². The van der Waals surface area contributed by atoms with Crippen molar-refractivity contribution in [3.63, 3.8) is 0 Å². The van der Waals surface area contributed by atoms with Gasteiger partial charge in [-0.3, -0.25) is 4.79 Å². The van der Waals surface area contributed by atoms with Crippen LogP contribution in [-0.4, -0.2) is 19.0 Å². The molecule has 18 heavy (non-hydrogen) atoms. The van der Waals surface area contributed by atoms with Crippen LogP contribution >= 0.6 is 11.3 Å². The zero-order valence-corrected chi connectivity index (χ0v) is 11.8. The van der Waals surface area contributed by atoms with Crippen molar-refractivity contribution in [1.29, 1.82) is 0 Å². The van der Waals surface area contributed by atoms with Crippen LogP contribution in [0.1, 0.15) is 37.5 Å².